The smallest absolute Gasteiger partial charge is 0.238 e. The number of amides is 1. The van der Waals surface area contributed by atoms with Crippen LogP contribution in [0.5, 0.6) is 0 Å². The van der Waals surface area contributed by atoms with Crippen molar-refractivity contribution >= 4 is 11.6 Å². The molecule has 0 saturated heterocycles. The van der Waals surface area contributed by atoms with Crippen molar-refractivity contribution in [2.24, 2.45) is 0 Å². The summed E-state index contributed by atoms with van der Waals surface area (Å²) in [6.45, 7) is 6.21. The summed E-state index contributed by atoms with van der Waals surface area (Å²) in [5.41, 5.74) is 1.49. The molecule has 1 heterocycles. The molecule has 0 radical (unpaired) electrons. The molecule has 0 spiro atoms. The number of nitrogens with one attached hydrogen (secondary N) is 2. The van der Waals surface area contributed by atoms with E-state index in [1.807, 2.05) is 31.2 Å². The minimum atomic E-state index is -0.113. The lowest BCUT2D eigenvalue weighted by Gasteiger charge is -2.08. The van der Waals surface area contributed by atoms with Gasteiger partial charge in [0.1, 0.15) is 0 Å². The van der Waals surface area contributed by atoms with Gasteiger partial charge in [0, 0.05) is 12.2 Å². The van der Waals surface area contributed by atoms with Gasteiger partial charge in [0.05, 0.1) is 12.2 Å². The Balaban J connectivity index is 2.05. The molecule has 0 atom stereocenters. The Bertz CT molecular complexity index is 606. The first-order valence-corrected chi connectivity index (χ1v) is 6.17. The highest BCUT2D eigenvalue weighted by Gasteiger charge is 2.06. The number of rotatable bonds is 6. The quantitative estimate of drug-likeness (QED) is 0.597. The van der Waals surface area contributed by atoms with Crippen molar-refractivity contribution in [1.29, 1.82) is 0 Å². The number of benzene rings is 1. The van der Waals surface area contributed by atoms with Gasteiger partial charge in [-0.15, -0.1) is 11.7 Å². The summed E-state index contributed by atoms with van der Waals surface area (Å²) < 4.78 is 1.60. The van der Waals surface area contributed by atoms with E-state index in [4.69, 9.17) is 0 Å². The highest BCUT2D eigenvalue weighted by Crippen LogP contribution is 2.14. The summed E-state index contributed by atoms with van der Waals surface area (Å²) in [4.78, 5) is 11.7. The molecule has 2 aromatic rings. The molecule has 2 rings (SSSR count). The van der Waals surface area contributed by atoms with Gasteiger partial charge in [-0.05, 0) is 35.5 Å². The first kappa shape index (κ1) is 13.9. The van der Waals surface area contributed by atoms with Crippen LogP contribution in [0.25, 0.3) is 5.69 Å². The molecule has 0 aliphatic heterocycles. The van der Waals surface area contributed by atoms with Crippen LogP contribution in [0.2, 0.25) is 0 Å². The number of carbonyl (C=O) groups is 1. The molecule has 0 aliphatic rings. The molecule has 104 valence electrons. The predicted octanol–water partition coefficient (Wildman–Crippen LogP) is 0.685. The molecular formula is C13H16N6O. The van der Waals surface area contributed by atoms with Crippen molar-refractivity contribution in [3.63, 3.8) is 0 Å². The zero-order valence-electron chi connectivity index (χ0n) is 11.2. The molecule has 0 fully saturated rings. The average molecular weight is 272 g/mol. The number of aromatic nitrogens is 4. The van der Waals surface area contributed by atoms with E-state index in [2.05, 4.69) is 32.7 Å². The molecule has 2 N–H and O–H groups in total. The number of aryl methyl sites for hydroxylation is 1. The summed E-state index contributed by atoms with van der Waals surface area (Å²) in [7, 11) is 0. The third kappa shape index (κ3) is 3.48. The number of hydrogen-bond acceptors (Lipinski definition) is 5. The average Bonchev–Trinajstić information content (AvgIpc) is 2.85. The van der Waals surface area contributed by atoms with Gasteiger partial charge in [0.15, 0.2) is 5.82 Å². The maximum absolute atomic E-state index is 11.7. The molecule has 0 unspecified atom stereocenters. The van der Waals surface area contributed by atoms with Crippen LogP contribution in [0, 0.1) is 6.92 Å². The maximum atomic E-state index is 11.7. The van der Waals surface area contributed by atoms with Gasteiger partial charge in [0.2, 0.25) is 5.91 Å². The highest BCUT2D eigenvalue weighted by atomic mass is 16.1. The number of tetrazole rings is 1. The minimum absolute atomic E-state index is 0.113. The van der Waals surface area contributed by atoms with Crippen LogP contribution >= 0.6 is 0 Å². The van der Waals surface area contributed by atoms with Gasteiger partial charge >= 0.3 is 0 Å². The first-order chi connectivity index (χ1) is 9.70. The molecule has 1 aromatic carbocycles. The lowest BCUT2D eigenvalue weighted by atomic mass is 10.2. The first-order valence-electron chi connectivity index (χ1n) is 6.17. The van der Waals surface area contributed by atoms with Gasteiger partial charge in [-0.25, -0.2) is 0 Å². The van der Waals surface area contributed by atoms with E-state index in [1.165, 1.54) is 0 Å². The molecule has 0 saturated carbocycles. The molecule has 7 nitrogen and oxygen atoms in total. The van der Waals surface area contributed by atoms with Gasteiger partial charge in [-0.1, -0.05) is 12.1 Å². The summed E-state index contributed by atoms with van der Waals surface area (Å²) >= 11 is 0. The van der Waals surface area contributed by atoms with E-state index in [-0.39, 0.29) is 12.5 Å². The van der Waals surface area contributed by atoms with Crippen LogP contribution in [-0.2, 0) is 4.79 Å². The molecule has 1 amide bonds. The van der Waals surface area contributed by atoms with E-state index in [0.29, 0.717) is 18.1 Å². The van der Waals surface area contributed by atoms with Crippen molar-refractivity contribution < 1.29 is 4.79 Å². The fourth-order valence-electron chi connectivity index (χ4n) is 1.68. The molecule has 7 heteroatoms. The fraction of sp³-hybridized carbons (Fsp3) is 0.231. The van der Waals surface area contributed by atoms with Crippen molar-refractivity contribution in [2.45, 2.75) is 6.92 Å². The Morgan fingerprint density at radius 1 is 1.50 bits per heavy atom. The Hall–Kier alpha value is -2.54. The van der Waals surface area contributed by atoms with Gasteiger partial charge < -0.3 is 10.6 Å². The molecule has 1 aromatic heterocycles. The van der Waals surface area contributed by atoms with E-state index in [0.717, 1.165) is 5.69 Å². The second kappa shape index (κ2) is 6.58. The lowest BCUT2D eigenvalue weighted by Crippen LogP contribution is -2.28. The van der Waals surface area contributed by atoms with E-state index in [9.17, 15) is 4.79 Å². The zero-order chi connectivity index (χ0) is 14.4. The predicted molar refractivity (Wildman–Crippen MR) is 75.6 cm³/mol. The number of carbonyl (C=O) groups excluding carboxylic acids is 1. The van der Waals surface area contributed by atoms with Crippen LogP contribution < -0.4 is 10.6 Å². The summed E-state index contributed by atoms with van der Waals surface area (Å²) in [6.07, 6.45) is 1.70. The topological polar surface area (TPSA) is 84.7 Å². The summed E-state index contributed by atoms with van der Waals surface area (Å²) in [6, 6.07) is 7.33. The molecular weight excluding hydrogens is 256 g/mol. The standard InChI is InChI=1S/C13H16N6O/c1-3-7-14-9-13(20)15-11-5-4-6-12(8-11)19-10(2)16-17-18-19/h3-6,8,14H,1,7,9H2,2H3,(H,15,20). The number of hydrogen-bond donors (Lipinski definition) is 2. The Labute approximate surface area is 116 Å². The Morgan fingerprint density at radius 2 is 2.35 bits per heavy atom. The number of nitrogens with zero attached hydrogens (tertiary/aromatic N) is 4. The third-order valence-corrected chi connectivity index (χ3v) is 2.57. The summed E-state index contributed by atoms with van der Waals surface area (Å²) in [5, 5.41) is 17.1. The van der Waals surface area contributed by atoms with Crippen LogP contribution in [0.4, 0.5) is 5.69 Å². The van der Waals surface area contributed by atoms with Crippen molar-refractivity contribution in [2.75, 3.05) is 18.4 Å². The third-order valence-electron chi connectivity index (χ3n) is 2.57. The van der Waals surface area contributed by atoms with Crippen LogP contribution in [0.3, 0.4) is 0 Å². The highest BCUT2D eigenvalue weighted by molar-refractivity contribution is 5.92. The van der Waals surface area contributed by atoms with Crippen molar-refractivity contribution in [1.82, 2.24) is 25.5 Å². The monoisotopic (exact) mass is 272 g/mol. The molecule has 20 heavy (non-hydrogen) atoms. The SMILES string of the molecule is C=CCNCC(=O)Nc1cccc(-n2nnnc2C)c1. The van der Waals surface area contributed by atoms with E-state index < -0.39 is 0 Å². The van der Waals surface area contributed by atoms with Gasteiger partial charge in [0.25, 0.3) is 0 Å². The second-order valence-electron chi connectivity index (χ2n) is 4.16. The Morgan fingerprint density at radius 3 is 3.05 bits per heavy atom. The van der Waals surface area contributed by atoms with Gasteiger partial charge in [-0.2, -0.15) is 4.68 Å². The number of anilines is 1. The van der Waals surface area contributed by atoms with Crippen LogP contribution in [0.1, 0.15) is 5.82 Å². The van der Waals surface area contributed by atoms with Gasteiger partial charge in [-0.3, -0.25) is 4.79 Å². The Kier molecular flexibility index (Phi) is 4.56. The molecule has 0 bridgehead atoms. The largest absolute Gasteiger partial charge is 0.325 e. The van der Waals surface area contributed by atoms with Crippen LogP contribution in [0.15, 0.2) is 36.9 Å². The second-order valence-corrected chi connectivity index (χ2v) is 4.16. The maximum Gasteiger partial charge on any atom is 0.238 e. The van der Waals surface area contributed by atoms with E-state index in [1.54, 1.807) is 10.8 Å². The van der Waals surface area contributed by atoms with Crippen molar-refractivity contribution in [3.8, 4) is 5.69 Å². The van der Waals surface area contributed by atoms with Crippen LogP contribution in [-0.4, -0.2) is 39.2 Å². The minimum Gasteiger partial charge on any atom is -0.325 e. The van der Waals surface area contributed by atoms with Crippen molar-refractivity contribution in [3.05, 3.63) is 42.7 Å². The fourth-order valence-corrected chi connectivity index (χ4v) is 1.68. The normalized spacial score (nSPS) is 10.2. The lowest BCUT2D eigenvalue weighted by molar-refractivity contribution is -0.115. The zero-order valence-corrected chi connectivity index (χ0v) is 11.2. The molecule has 0 aliphatic carbocycles. The summed E-state index contributed by atoms with van der Waals surface area (Å²) in [5.74, 6) is 0.568. The van der Waals surface area contributed by atoms with E-state index >= 15 is 0 Å².